The van der Waals surface area contributed by atoms with Crippen LogP contribution in [0.15, 0.2) is 0 Å². The Morgan fingerprint density at radius 1 is 1.18 bits per heavy atom. The summed E-state index contributed by atoms with van der Waals surface area (Å²) in [5, 5.41) is 0. The zero-order chi connectivity index (χ0) is 12.3. The van der Waals surface area contributed by atoms with Gasteiger partial charge in [0.2, 0.25) is 0 Å². The molecule has 3 nitrogen and oxygen atoms in total. The molecule has 2 aliphatic rings. The van der Waals surface area contributed by atoms with Crippen LogP contribution in [0.4, 0.5) is 0 Å². The van der Waals surface area contributed by atoms with E-state index < -0.39 is 0 Å². The highest BCUT2D eigenvalue weighted by Crippen LogP contribution is 2.55. The van der Waals surface area contributed by atoms with E-state index in [1.54, 1.807) is 0 Å². The number of aldehydes is 1. The van der Waals surface area contributed by atoms with Gasteiger partial charge in [0.1, 0.15) is 6.29 Å². The van der Waals surface area contributed by atoms with Crippen LogP contribution in [0.5, 0.6) is 0 Å². The maximum atomic E-state index is 10.8. The van der Waals surface area contributed by atoms with Crippen LogP contribution in [0.25, 0.3) is 0 Å². The van der Waals surface area contributed by atoms with Crippen molar-refractivity contribution in [3.63, 3.8) is 0 Å². The molecule has 0 amide bonds. The van der Waals surface area contributed by atoms with Gasteiger partial charge in [0, 0.05) is 25.6 Å². The summed E-state index contributed by atoms with van der Waals surface area (Å²) in [6.45, 7) is 5.39. The molecule has 0 spiro atoms. The number of ether oxygens (including phenoxy) is 2. The number of hydrogen-bond acceptors (Lipinski definition) is 3. The molecule has 0 heterocycles. The Morgan fingerprint density at radius 3 is 2.41 bits per heavy atom. The Kier molecular flexibility index (Phi) is 4.57. The highest BCUT2D eigenvalue weighted by Gasteiger charge is 2.50. The zero-order valence-electron chi connectivity index (χ0n) is 10.9. The first kappa shape index (κ1) is 13.0. The summed E-state index contributed by atoms with van der Waals surface area (Å²) in [5.41, 5.74) is 0. The van der Waals surface area contributed by atoms with Crippen molar-refractivity contribution in [2.75, 3.05) is 13.2 Å². The molecule has 2 aliphatic carbocycles. The third-order valence-electron chi connectivity index (χ3n) is 4.50. The molecule has 0 aromatic rings. The lowest BCUT2D eigenvalue weighted by molar-refractivity contribution is -0.187. The molecular formula is C14H24O3. The molecule has 2 saturated carbocycles. The summed E-state index contributed by atoms with van der Waals surface area (Å²) in [6, 6.07) is 0. The Morgan fingerprint density at radius 2 is 1.82 bits per heavy atom. The topological polar surface area (TPSA) is 35.5 Å². The van der Waals surface area contributed by atoms with Gasteiger partial charge in [-0.15, -0.1) is 0 Å². The molecule has 0 N–H and O–H groups in total. The molecule has 4 atom stereocenters. The lowest BCUT2D eigenvalue weighted by Gasteiger charge is -2.35. The zero-order valence-corrected chi connectivity index (χ0v) is 10.9. The number of hydrogen-bond donors (Lipinski definition) is 0. The van der Waals surface area contributed by atoms with Gasteiger partial charge < -0.3 is 14.3 Å². The first-order valence-electron chi connectivity index (χ1n) is 6.98. The fourth-order valence-electron chi connectivity index (χ4n) is 3.94. The van der Waals surface area contributed by atoms with E-state index in [9.17, 15) is 4.79 Å². The summed E-state index contributed by atoms with van der Waals surface area (Å²) in [4.78, 5) is 10.8. The monoisotopic (exact) mass is 240 g/mol. The average Bonchev–Trinajstić information content (AvgIpc) is 2.90. The maximum absolute atomic E-state index is 10.8. The largest absolute Gasteiger partial charge is 0.353 e. The van der Waals surface area contributed by atoms with Crippen molar-refractivity contribution in [3.05, 3.63) is 0 Å². The molecule has 0 aliphatic heterocycles. The van der Waals surface area contributed by atoms with Crippen LogP contribution in [0.2, 0.25) is 0 Å². The van der Waals surface area contributed by atoms with Crippen LogP contribution < -0.4 is 0 Å². The Labute approximate surface area is 104 Å². The summed E-state index contributed by atoms with van der Waals surface area (Å²) in [5.74, 6) is 2.39. The Hall–Kier alpha value is -0.410. The predicted octanol–water partition coefficient (Wildman–Crippen LogP) is 2.64. The molecule has 3 heteroatoms. The number of carbonyl (C=O) groups is 1. The maximum Gasteiger partial charge on any atom is 0.160 e. The van der Waals surface area contributed by atoms with Gasteiger partial charge in [-0.1, -0.05) is 0 Å². The minimum Gasteiger partial charge on any atom is -0.353 e. The van der Waals surface area contributed by atoms with Gasteiger partial charge in [-0.3, -0.25) is 0 Å². The van der Waals surface area contributed by atoms with E-state index >= 15 is 0 Å². The van der Waals surface area contributed by atoms with Gasteiger partial charge in [0.25, 0.3) is 0 Å². The third kappa shape index (κ3) is 2.55. The van der Waals surface area contributed by atoms with Crippen molar-refractivity contribution in [1.82, 2.24) is 0 Å². The number of carbonyl (C=O) groups excluding carboxylic acids is 1. The molecule has 4 unspecified atom stereocenters. The highest BCUT2D eigenvalue weighted by atomic mass is 16.7. The molecule has 2 rings (SSSR count). The van der Waals surface area contributed by atoms with Crippen LogP contribution in [0, 0.1) is 23.7 Å². The van der Waals surface area contributed by atoms with Crippen LogP contribution >= 0.6 is 0 Å². The quantitative estimate of drug-likeness (QED) is 0.507. The van der Waals surface area contributed by atoms with E-state index in [4.69, 9.17) is 9.47 Å². The minimum absolute atomic E-state index is 0.0924. The van der Waals surface area contributed by atoms with E-state index in [-0.39, 0.29) is 6.29 Å². The van der Waals surface area contributed by atoms with Crippen molar-refractivity contribution < 1.29 is 14.3 Å². The van der Waals surface area contributed by atoms with Crippen LogP contribution in [0.1, 0.15) is 39.5 Å². The predicted molar refractivity (Wildman–Crippen MR) is 65.5 cm³/mol. The van der Waals surface area contributed by atoms with Gasteiger partial charge in [0.05, 0.1) is 0 Å². The van der Waals surface area contributed by atoms with Crippen molar-refractivity contribution in [1.29, 1.82) is 0 Å². The first-order valence-corrected chi connectivity index (χ1v) is 6.98. The number of fused-ring (bicyclic) bond motifs is 2. The Bertz CT molecular complexity index is 248. The molecule has 98 valence electrons. The van der Waals surface area contributed by atoms with Crippen LogP contribution in [-0.4, -0.2) is 25.8 Å². The second-order valence-corrected chi connectivity index (χ2v) is 5.26. The standard InChI is InChI=1S/C14H24O3/c1-3-16-14(17-4-2)13-11-6-5-10(9-11)12(13)7-8-15/h8,10-14H,3-7,9H2,1-2H3. The second-order valence-electron chi connectivity index (χ2n) is 5.26. The van der Waals surface area contributed by atoms with E-state index in [1.165, 1.54) is 19.3 Å². The lowest BCUT2D eigenvalue weighted by atomic mass is 9.77. The fourth-order valence-corrected chi connectivity index (χ4v) is 3.94. The molecular weight excluding hydrogens is 216 g/mol. The fraction of sp³-hybridized carbons (Fsp3) is 0.929. The normalized spacial score (nSPS) is 35.7. The molecule has 17 heavy (non-hydrogen) atoms. The minimum atomic E-state index is -0.0924. The van der Waals surface area contributed by atoms with E-state index in [1.807, 2.05) is 13.8 Å². The molecule has 0 radical (unpaired) electrons. The van der Waals surface area contributed by atoms with Gasteiger partial charge >= 0.3 is 0 Å². The van der Waals surface area contributed by atoms with Crippen molar-refractivity contribution >= 4 is 6.29 Å². The molecule has 2 bridgehead atoms. The highest BCUT2D eigenvalue weighted by molar-refractivity contribution is 5.50. The summed E-state index contributed by atoms with van der Waals surface area (Å²) in [6.07, 6.45) is 5.53. The lowest BCUT2D eigenvalue weighted by Crippen LogP contribution is -2.37. The third-order valence-corrected chi connectivity index (χ3v) is 4.50. The molecule has 0 saturated heterocycles. The Balaban J connectivity index is 2.06. The van der Waals surface area contributed by atoms with Gasteiger partial charge in [-0.2, -0.15) is 0 Å². The molecule has 0 aromatic carbocycles. The van der Waals surface area contributed by atoms with Crippen LogP contribution in [-0.2, 0) is 14.3 Å². The molecule has 0 aromatic heterocycles. The average molecular weight is 240 g/mol. The van der Waals surface area contributed by atoms with E-state index in [0.29, 0.717) is 37.4 Å². The van der Waals surface area contributed by atoms with Crippen LogP contribution in [0.3, 0.4) is 0 Å². The summed E-state index contributed by atoms with van der Waals surface area (Å²) < 4.78 is 11.5. The van der Waals surface area contributed by atoms with Crippen molar-refractivity contribution in [2.45, 2.75) is 45.8 Å². The van der Waals surface area contributed by atoms with Gasteiger partial charge in [-0.05, 0) is 50.9 Å². The first-order chi connectivity index (χ1) is 8.31. The van der Waals surface area contributed by atoms with Crippen molar-refractivity contribution in [2.24, 2.45) is 23.7 Å². The second kappa shape index (κ2) is 5.96. The van der Waals surface area contributed by atoms with Crippen molar-refractivity contribution in [3.8, 4) is 0 Å². The SMILES string of the molecule is CCOC(OCC)C1C2CCC(C2)C1CC=O. The van der Waals surface area contributed by atoms with E-state index in [0.717, 1.165) is 12.2 Å². The molecule has 2 fully saturated rings. The van der Waals surface area contributed by atoms with E-state index in [2.05, 4.69) is 0 Å². The summed E-state index contributed by atoms with van der Waals surface area (Å²) >= 11 is 0. The number of rotatable bonds is 7. The summed E-state index contributed by atoms with van der Waals surface area (Å²) in [7, 11) is 0. The van der Waals surface area contributed by atoms with Gasteiger partial charge in [0.15, 0.2) is 6.29 Å². The smallest absolute Gasteiger partial charge is 0.160 e. The van der Waals surface area contributed by atoms with Gasteiger partial charge in [-0.25, -0.2) is 0 Å².